The van der Waals surface area contributed by atoms with Crippen molar-refractivity contribution in [3.05, 3.63) is 48.5 Å². The molecule has 2 aromatic carbocycles. The number of nitrogens with zero attached hydrogens (tertiary/aromatic N) is 2. The summed E-state index contributed by atoms with van der Waals surface area (Å²) in [5, 5.41) is 10.6. The maximum Gasteiger partial charge on any atom is 0.222 e. The lowest BCUT2D eigenvalue weighted by atomic mass is 10.2. The fourth-order valence-corrected chi connectivity index (χ4v) is 1.94. The first-order chi connectivity index (χ1) is 9.28. The molecule has 0 unspecified atom stereocenters. The molecule has 0 saturated heterocycles. The van der Waals surface area contributed by atoms with Gasteiger partial charge in [-0.25, -0.2) is 4.98 Å². The molecule has 0 aliphatic heterocycles. The number of methoxy groups -OCH3 is 1. The molecule has 4 heteroatoms. The summed E-state index contributed by atoms with van der Waals surface area (Å²) in [7, 11) is 1.60. The van der Waals surface area contributed by atoms with Gasteiger partial charge in [0.2, 0.25) is 5.88 Å². The molecule has 94 valence electrons. The van der Waals surface area contributed by atoms with Gasteiger partial charge < -0.3 is 9.84 Å². The molecule has 0 saturated carbocycles. The first kappa shape index (κ1) is 11.5. The number of benzene rings is 2. The van der Waals surface area contributed by atoms with Crippen LogP contribution in [-0.2, 0) is 0 Å². The van der Waals surface area contributed by atoms with Crippen molar-refractivity contribution in [1.29, 1.82) is 0 Å². The molecule has 0 radical (unpaired) electrons. The summed E-state index contributed by atoms with van der Waals surface area (Å²) >= 11 is 0. The third-order valence-corrected chi connectivity index (χ3v) is 2.92. The second kappa shape index (κ2) is 4.57. The number of fused-ring (bicyclic) bond motifs is 1. The lowest BCUT2D eigenvalue weighted by Crippen LogP contribution is -1.92. The average Bonchev–Trinajstić information content (AvgIpc) is 2.47. The Bertz CT molecular complexity index is 727. The molecule has 4 nitrogen and oxygen atoms in total. The molecule has 0 bridgehead atoms. The lowest BCUT2D eigenvalue weighted by molar-refractivity contribution is 0.415. The maximum atomic E-state index is 9.99. The Kier molecular flexibility index (Phi) is 2.76. The predicted octanol–water partition coefficient (Wildman–Crippen LogP) is 3.01. The Balaban J connectivity index is 2.23. The fourth-order valence-electron chi connectivity index (χ4n) is 1.94. The van der Waals surface area contributed by atoms with Crippen LogP contribution < -0.4 is 4.74 Å². The molecule has 0 fully saturated rings. The molecule has 0 atom stereocenters. The second-order valence-corrected chi connectivity index (χ2v) is 4.12. The molecule has 0 aliphatic carbocycles. The van der Waals surface area contributed by atoms with E-state index in [0.717, 1.165) is 5.56 Å². The summed E-state index contributed by atoms with van der Waals surface area (Å²) in [6, 6.07) is 14.8. The van der Waals surface area contributed by atoms with Gasteiger partial charge in [-0.2, -0.15) is 4.98 Å². The minimum absolute atomic E-state index is 0.0218. The van der Waals surface area contributed by atoms with Crippen LogP contribution in [0.3, 0.4) is 0 Å². The Labute approximate surface area is 110 Å². The van der Waals surface area contributed by atoms with Crippen molar-refractivity contribution in [2.75, 3.05) is 7.11 Å². The van der Waals surface area contributed by atoms with E-state index in [1.165, 1.54) is 0 Å². The smallest absolute Gasteiger partial charge is 0.222 e. The summed E-state index contributed by atoms with van der Waals surface area (Å²) < 4.78 is 5.17. The molecule has 0 aliphatic rings. The topological polar surface area (TPSA) is 55.2 Å². The number of rotatable bonds is 2. The van der Waals surface area contributed by atoms with Crippen molar-refractivity contribution in [2.24, 2.45) is 0 Å². The summed E-state index contributed by atoms with van der Waals surface area (Å²) in [6.45, 7) is 0. The normalized spacial score (nSPS) is 10.6. The molecule has 1 heterocycles. The number of hydrogen-bond acceptors (Lipinski definition) is 4. The fraction of sp³-hybridized carbons (Fsp3) is 0.0667. The Hall–Kier alpha value is -2.62. The van der Waals surface area contributed by atoms with Crippen LogP contribution in [0.4, 0.5) is 0 Å². The molecule has 0 spiro atoms. The van der Waals surface area contributed by atoms with Gasteiger partial charge >= 0.3 is 0 Å². The average molecular weight is 252 g/mol. The van der Waals surface area contributed by atoms with Crippen molar-refractivity contribution in [2.45, 2.75) is 0 Å². The van der Waals surface area contributed by atoms with Crippen LogP contribution in [0, 0.1) is 0 Å². The summed E-state index contributed by atoms with van der Waals surface area (Å²) in [5.41, 5.74) is 1.52. The molecule has 3 rings (SSSR count). The monoisotopic (exact) mass is 252 g/mol. The van der Waals surface area contributed by atoms with Crippen LogP contribution in [0.25, 0.3) is 22.3 Å². The van der Waals surface area contributed by atoms with Crippen LogP contribution in [0.5, 0.6) is 11.6 Å². The van der Waals surface area contributed by atoms with Crippen molar-refractivity contribution in [3.8, 4) is 23.0 Å². The van der Waals surface area contributed by atoms with E-state index in [1.54, 1.807) is 25.3 Å². The third kappa shape index (κ3) is 2.08. The van der Waals surface area contributed by atoms with E-state index in [9.17, 15) is 5.11 Å². The van der Waals surface area contributed by atoms with Crippen molar-refractivity contribution >= 4 is 10.9 Å². The summed E-state index contributed by atoms with van der Waals surface area (Å²) in [4.78, 5) is 8.59. The molecular formula is C15H12N2O2. The summed E-state index contributed by atoms with van der Waals surface area (Å²) in [6.07, 6.45) is 0. The zero-order chi connectivity index (χ0) is 13.2. The predicted molar refractivity (Wildman–Crippen MR) is 73.2 cm³/mol. The first-order valence-electron chi connectivity index (χ1n) is 5.88. The van der Waals surface area contributed by atoms with Gasteiger partial charge in [-0.05, 0) is 12.1 Å². The molecule has 19 heavy (non-hydrogen) atoms. The highest BCUT2D eigenvalue weighted by Gasteiger charge is 2.09. The Morgan fingerprint density at radius 2 is 1.79 bits per heavy atom. The molecule has 3 aromatic rings. The van der Waals surface area contributed by atoms with Crippen LogP contribution in [0.1, 0.15) is 0 Å². The molecule has 1 aromatic heterocycles. The molecule has 1 N–H and O–H groups in total. The van der Waals surface area contributed by atoms with Gasteiger partial charge in [0.1, 0.15) is 5.75 Å². The Morgan fingerprint density at radius 1 is 1.00 bits per heavy atom. The molecular weight excluding hydrogens is 240 g/mol. The van der Waals surface area contributed by atoms with Gasteiger partial charge in [-0.3, -0.25) is 0 Å². The van der Waals surface area contributed by atoms with Crippen LogP contribution >= 0.6 is 0 Å². The highest BCUT2D eigenvalue weighted by atomic mass is 16.5. The van der Waals surface area contributed by atoms with Crippen LogP contribution in [0.2, 0.25) is 0 Å². The lowest BCUT2D eigenvalue weighted by Gasteiger charge is -2.06. The summed E-state index contributed by atoms with van der Waals surface area (Å²) in [5.74, 6) is 1.18. The van der Waals surface area contributed by atoms with E-state index in [4.69, 9.17) is 4.74 Å². The second-order valence-electron chi connectivity index (χ2n) is 4.12. The SMILES string of the molecule is COc1ccc2c(O)nc(-c3ccccc3)nc2c1. The largest absolute Gasteiger partial charge is 0.497 e. The van der Waals surface area contributed by atoms with E-state index in [1.807, 2.05) is 30.3 Å². The first-order valence-corrected chi connectivity index (χ1v) is 5.88. The Morgan fingerprint density at radius 3 is 2.53 bits per heavy atom. The number of aromatic nitrogens is 2. The van der Waals surface area contributed by atoms with Gasteiger partial charge in [-0.15, -0.1) is 0 Å². The zero-order valence-electron chi connectivity index (χ0n) is 10.4. The minimum Gasteiger partial charge on any atom is -0.497 e. The van der Waals surface area contributed by atoms with Gasteiger partial charge in [0.25, 0.3) is 0 Å². The highest BCUT2D eigenvalue weighted by Crippen LogP contribution is 2.28. The van der Waals surface area contributed by atoms with Gasteiger partial charge in [0.15, 0.2) is 5.82 Å². The number of ether oxygens (including phenoxy) is 1. The van der Waals surface area contributed by atoms with Gasteiger partial charge in [0.05, 0.1) is 18.0 Å². The molecule has 0 amide bonds. The van der Waals surface area contributed by atoms with Gasteiger partial charge in [0, 0.05) is 11.6 Å². The van der Waals surface area contributed by atoms with Crippen molar-refractivity contribution in [1.82, 2.24) is 9.97 Å². The standard InChI is InChI=1S/C15H12N2O2/c1-19-11-7-8-12-13(9-11)16-14(17-15(12)18)10-5-3-2-4-6-10/h2-9H,1H3,(H,16,17,18). The van der Waals surface area contributed by atoms with E-state index in [-0.39, 0.29) is 5.88 Å². The number of hydrogen-bond donors (Lipinski definition) is 1. The number of aromatic hydroxyl groups is 1. The zero-order valence-corrected chi connectivity index (χ0v) is 10.4. The van der Waals surface area contributed by atoms with E-state index in [0.29, 0.717) is 22.5 Å². The van der Waals surface area contributed by atoms with Crippen molar-refractivity contribution in [3.63, 3.8) is 0 Å². The highest BCUT2D eigenvalue weighted by molar-refractivity contribution is 5.86. The van der Waals surface area contributed by atoms with E-state index < -0.39 is 0 Å². The van der Waals surface area contributed by atoms with E-state index in [2.05, 4.69) is 9.97 Å². The van der Waals surface area contributed by atoms with Gasteiger partial charge in [-0.1, -0.05) is 30.3 Å². The third-order valence-electron chi connectivity index (χ3n) is 2.92. The van der Waals surface area contributed by atoms with E-state index >= 15 is 0 Å². The van der Waals surface area contributed by atoms with Crippen molar-refractivity contribution < 1.29 is 9.84 Å². The van der Waals surface area contributed by atoms with Crippen LogP contribution in [0.15, 0.2) is 48.5 Å². The van der Waals surface area contributed by atoms with Crippen LogP contribution in [-0.4, -0.2) is 22.2 Å². The quantitative estimate of drug-likeness (QED) is 0.761. The maximum absolute atomic E-state index is 9.99. The minimum atomic E-state index is -0.0218.